The van der Waals surface area contributed by atoms with Crippen molar-refractivity contribution in [2.24, 2.45) is 0 Å². The van der Waals surface area contributed by atoms with E-state index in [1.165, 1.54) is 4.90 Å². The quantitative estimate of drug-likeness (QED) is 0.852. The average Bonchev–Trinajstić information content (AvgIpc) is 3.01. The van der Waals surface area contributed by atoms with Gasteiger partial charge in [0.1, 0.15) is 17.7 Å². The lowest BCUT2D eigenvalue weighted by molar-refractivity contribution is -0.138. The minimum atomic E-state index is -0.792. The van der Waals surface area contributed by atoms with Crippen molar-refractivity contribution in [2.45, 2.75) is 57.7 Å². The molecule has 0 unspecified atom stereocenters. The van der Waals surface area contributed by atoms with E-state index in [1.807, 2.05) is 13.8 Å². The summed E-state index contributed by atoms with van der Waals surface area (Å²) in [6.45, 7) is 4.48. The molecule has 3 rings (SSSR count). The van der Waals surface area contributed by atoms with Crippen LogP contribution in [0.2, 0.25) is 0 Å². The monoisotopic (exact) mass is 393 g/mol. The lowest BCUT2D eigenvalue weighted by Crippen LogP contribution is -2.54. The highest BCUT2D eigenvalue weighted by Gasteiger charge is 2.41. The number of nitrogens with one attached hydrogen (secondary N) is 1. The van der Waals surface area contributed by atoms with Crippen LogP contribution in [0.15, 0.2) is 18.2 Å². The van der Waals surface area contributed by atoms with Crippen LogP contribution in [0.3, 0.4) is 0 Å². The maximum Gasteiger partial charge on any atom is 0.254 e. The van der Waals surface area contributed by atoms with Gasteiger partial charge in [-0.2, -0.15) is 0 Å². The summed E-state index contributed by atoms with van der Waals surface area (Å²) >= 11 is 0. The van der Waals surface area contributed by atoms with Crippen LogP contribution in [-0.2, 0) is 9.59 Å². The maximum absolute atomic E-state index is 13.4. The number of amides is 3. The standard InChI is InChI=1S/C20H25F2N3O3/c1-12(2)23-19(27)17-3-4-18(26)25(17)16-5-7-24(8-6-16)20(28)13-9-14(21)11-15(22)10-13/h9-12,16-17H,3-8H2,1-2H3,(H,23,27)/t17-/m0/s1. The molecular formula is C20H25F2N3O3. The number of carbonyl (C=O) groups excluding carboxylic acids is 3. The number of hydrogen-bond donors (Lipinski definition) is 1. The van der Waals surface area contributed by atoms with Crippen LogP contribution in [0.1, 0.15) is 49.9 Å². The van der Waals surface area contributed by atoms with Crippen molar-refractivity contribution in [1.82, 2.24) is 15.1 Å². The Bertz CT molecular complexity index is 756. The highest BCUT2D eigenvalue weighted by Crippen LogP contribution is 2.28. The van der Waals surface area contributed by atoms with Crippen LogP contribution < -0.4 is 5.32 Å². The molecule has 0 aliphatic carbocycles. The fraction of sp³-hybridized carbons (Fsp3) is 0.550. The molecule has 28 heavy (non-hydrogen) atoms. The summed E-state index contributed by atoms with van der Waals surface area (Å²) in [5, 5.41) is 2.87. The zero-order valence-corrected chi connectivity index (χ0v) is 16.1. The minimum Gasteiger partial charge on any atom is -0.352 e. The van der Waals surface area contributed by atoms with Gasteiger partial charge in [-0.05, 0) is 45.2 Å². The maximum atomic E-state index is 13.4. The number of rotatable bonds is 4. The number of halogens is 2. The molecule has 152 valence electrons. The molecule has 0 saturated carbocycles. The Morgan fingerprint density at radius 1 is 1.07 bits per heavy atom. The number of hydrogen-bond acceptors (Lipinski definition) is 3. The Balaban J connectivity index is 1.64. The SMILES string of the molecule is CC(C)NC(=O)[C@@H]1CCC(=O)N1C1CCN(C(=O)c2cc(F)cc(F)c2)CC1. The molecule has 2 fully saturated rings. The van der Waals surface area contributed by atoms with E-state index in [0.717, 1.165) is 18.2 Å². The van der Waals surface area contributed by atoms with Gasteiger partial charge in [0.05, 0.1) is 0 Å². The predicted molar refractivity (Wildman–Crippen MR) is 98.4 cm³/mol. The van der Waals surface area contributed by atoms with E-state index in [4.69, 9.17) is 0 Å². The molecule has 1 aromatic carbocycles. The predicted octanol–water partition coefficient (Wildman–Crippen LogP) is 2.08. The second-order valence-electron chi connectivity index (χ2n) is 7.70. The molecule has 0 spiro atoms. The molecule has 1 atom stereocenters. The molecule has 2 aliphatic rings. The van der Waals surface area contributed by atoms with Crippen molar-refractivity contribution in [3.63, 3.8) is 0 Å². The highest BCUT2D eigenvalue weighted by atomic mass is 19.1. The summed E-state index contributed by atoms with van der Waals surface area (Å²) in [6.07, 6.45) is 1.90. The van der Waals surface area contributed by atoms with Gasteiger partial charge >= 0.3 is 0 Å². The first kappa shape index (κ1) is 20.2. The van der Waals surface area contributed by atoms with E-state index in [9.17, 15) is 23.2 Å². The van der Waals surface area contributed by atoms with E-state index in [2.05, 4.69) is 5.32 Å². The Hall–Kier alpha value is -2.51. The van der Waals surface area contributed by atoms with Gasteiger partial charge in [0.15, 0.2) is 0 Å². The van der Waals surface area contributed by atoms with Gasteiger partial charge in [-0.25, -0.2) is 8.78 Å². The van der Waals surface area contributed by atoms with Crippen LogP contribution >= 0.6 is 0 Å². The minimum absolute atomic E-state index is 0.00353. The van der Waals surface area contributed by atoms with Gasteiger partial charge in [0, 0.05) is 43.2 Å². The second-order valence-corrected chi connectivity index (χ2v) is 7.70. The average molecular weight is 393 g/mol. The van der Waals surface area contributed by atoms with Crippen molar-refractivity contribution in [3.05, 3.63) is 35.4 Å². The van der Waals surface area contributed by atoms with Gasteiger partial charge in [-0.3, -0.25) is 14.4 Å². The van der Waals surface area contributed by atoms with E-state index < -0.39 is 23.6 Å². The number of carbonyl (C=O) groups is 3. The molecule has 0 aromatic heterocycles. The molecule has 2 aliphatic heterocycles. The molecular weight excluding hydrogens is 368 g/mol. The Labute approximate surface area is 162 Å². The normalized spacial score (nSPS) is 20.8. The van der Waals surface area contributed by atoms with Crippen molar-refractivity contribution < 1.29 is 23.2 Å². The van der Waals surface area contributed by atoms with Crippen LogP contribution in [0.5, 0.6) is 0 Å². The number of piperidine rings is 1. The Kier molecular flexibility index (Phi) is 5.96. The zero-order valence-electron chi connectivity index (χ0n) is 16.1. The van der Waals surface area contributed by atoms with Gasteiger partial charge in [0.2, 0.25) is 11.8 Å². The van der Waals surface area contributed by atoms with Crippen LogP contribution in [0, 0.1) is 11.6 Å². The third-order valence-electron chi connectivity index (χ3n) is 5.24. The third-order valence-corrected chi connectivity index (χ3v) is 5.24. The van der Waals surface area contributed by atoms with Crippen LogP contribution in [-0.4, -0.2) is 58.7 Å². The van der Waals surface area contributed by atoms with Crippen LogP contribution in [0.25, 0.3) is 0 Å². The topological polar surface area (TPSA) is 69.7 Å². The first-order valence-corrected chi connectivity index (χ1v) is 9.63. The Morgan fingerprint density at radius 3 is 2.25 bits per heavy atom. The summed E-state index contributed by atoms with van der Waals surface area (Å²) in [7, 11) is 0. The molecule has 1 aromatic rings. The number of benzene rings is 1. The van der Waals surface area contributed by atoms with Crippen molar-refractivity contribution >= 4 is 17.7 Å². The summed E-state index contributed by atoms with van der Waals surface area (Å²) in [5.41, 5.74) is -0.0256. The molecule has 0 bridgehead atoms. The van der Waals surface area contributed by atoms with Crippen molar-refractivity contribution in [2.75, 3.05) is 13.1 Å². The van der Waals surface area contributed by atoms with E-state index >= 15 is 0 Å². The third kappa shape index (κ3) is 4.31. The molecule has 3 amide bonds. The first-order valence-electron chi connectivity index (χ1n) is 9.63. The summed E-state index contributed by atoms with van der Waals surface area (Å²) in [5.74, 6) is -2.20. The Morgan fingerprint density at radius 2 is 1.68 bits per heavy atom. The lowest BCUT2D eigenvalue weighted by atomic mass is 10.0. The number of likely N-dealkylation sites (tertiary alicyclic amines) is 2. The summed E-state index contributed by atoms with van der Waals surface area (Å²) < 4.78 is 26.8. The van der Waals surface area contributed by atoms with Gasteiger partial charge < -0.3 is 15.1 Å². The van der Waals surface area contributed by atoms with E-state index in [-0.39, 0.29) is 29.5 Å². The molecule has 0 radical (unpaired) electrons. The molecule has 1 N–H and O–H groups in total. The molecule has 6 nitrogen and oxygen atoms in total. The van der Waals surface area contributed by atoms with Crippen molar-refractivity contribution in [1.29, 1.82) is 0 Å². The molecule has 2 saturated heterocycles. The smallest absolute Gasteiger partial charge is 0.254 e. The highest BCUT2D eigenvalue weighted by molar-refractivity contribution is 5.94. The zero-order chi connectivity index (χ0) is 20.4. The first-order chi connectivity index (χ1) is 13.3. The lowest BCUT2D eigenvalue weighted by Gasteiger charge is -2.39. The summed E-state index contributed by atoms with van der Waals surface area (Å²) in [6, 6.07) is 2.17. The number of nitrogens with zero attached hydrogens (tertiary/aromatic N) is 2. The van der Waals surface area contributed by atoms with Gasteiger partial charge in [0.25, 0.3) is 5.91 Å². The fourth-order valence-corrected chi connectivity index (χ4v) is 4.01. The van der Waals surface area contributed by atoms with Gasteiger partial charge in [-0.15, -0.1) is 0 Å². The molecule has 8 heteroatoms. The van der Waals surface area contributed by atoms with Crippen LogP contribution in [0.4, 0.5) is 8.78 Å². The second kappa shape index (κ2) is 8.24. The van der Waals surface area contributed by atoms with Gasteiger partial charge in [-0.1, -0.05) is 0 Å². The molecule has 2 heterocycles. The fourth-order valence-electron chi connectivity index (χ4n) is 4.01. The van der Waals surface area contributed by atoms with Crippen molar-refractivity contribution in [3.8, 4) is 0 Å². The summed E-state index contributed by atoms with van der Waals surface area (Å²) in [4.78, 5) is 40.5. The largest absolute Gasteiger partial charge is 0.352 e. The van der Waals surface area contributed by atoms with E-state index in [0.29, 0.717) is 38.8 Å². The van der Waals surface area contributed by atoms with E-state index in [1.54, 1.807) is 4.90 Å².